The Labute approximate surface area is 113 Å². The quantitative estimate of drug-likeness (QED) is 0.857. The van der Waals surface area contributed by atoms with Gasteiger partial charge in [0.1, 0.15) is 5.58 Å². The fourth-order valence-corrected chi connectivity index (χ4v) is 2.03. The van der Waals surface area contributed by atoms with E-state index in [1.54, 1.807) is 0 Å². The van der Waals surface area contributed by atoms with E-state index < -0.39 is 17.8 Å². The lowest BCUT2D eigenvalue weighted by atomic mass is 10.1. The Balaban J connectivity index is 2.46. The van der Waals surface area contributed by atoms with Crippen LogP contribution in [0.4, 0.5) is 18.0 Å². The molecule has 0 saturated heterocycles. The smallest absolute Gasteiger partial charge is 0.417 e. The molecule has 4 nitrogen and oxygen atoms in total. The van der Waals surface area contributed by atoms with Crippen molar-refractivity contribution in [1.29, 1.82) is 0 Å². The minimum atomic E-state index is -4.50. The van der Waals surface area contributed by atoms with Crippen molar-refractivity contribution < 1.29 is 27.1 Å². The third-order valence-corrected chi connectivity index (χ3v) is 2.94. The number of fused-ring (bicyclic) bond motifs is 1. The molecule has 1 aromatic heterocycles. The summed E-state index contributed by atoms with van der Waals surface area (Å²) in [5.74, 6) is -0.180. The van der Waals surface area contributed by atoms with Crippen molar-refractivity contribution in [2.24, 2.45) is 0 Å². The molecule has 8 heteroatoms. The van der Waals surface area contributed by atoms with Crippen LogP contribution in [0.15, 0.2) is 27.1 Å². The van der Waals surface area contributed by atoms with Crippen molar-refractivity contribution in [3.05, 3.63) is 28.2 Å². The summed E-state index contributed by atoms with van der Waals surface area (Å²) >= 11 is 2.85. The van der Waals surface area contributed by atoms with E-state index >= 15 is 0 Å². The van der Waals surface area contributed by atoms with Crippen LogP contribution in [0.25, 0.3) is 11.0 Å². The van der Waals surface area contributed by atoms with Crippen LogP contribution < -0.4 is 10.1 Å². The van der Waals surface area contributed by atoms with Crippen LogP contribution in [0.5, 0.6) is 5.95 Å². The number of ether oxygens (including phenoxy) is 1. The topological polar surface area (TPSA) is 51.5 Å². The largest absolute Gasteiger partial charge is 0.425 e. The van der Waals surface area contributed by atoms with Gasteiger partial charge in [0, 0.05) is 23.0 Å². The molecule has 102 valence electrons. The maximum atomic E-state index is 12.7. The standard InChI is InChI=1S/C11H7BrF3NO3/c1-16-10(17)19-9-3-5-2-7(12)6(11(13,14)15)4-8(5)18-9/h2-4H,1H3,(H,16,17). The molecule has 0 bridgehead atoms. The number of hydrogen-bond donors (Lipinski definition) is 1. The molecule has 1 aromatic carbocycles. The summed E-state index contributed by atoms with van der Waals surface area (Å²) in [4.78, 5) is 11.0. The Morgan fingerprint density at radius 2 is 2.05 bits per heavy atom. The van der Waals surface area contributed by atoms with Crippen molar-refractivity contribution >= 4 is 33.0 Å². The van der Waals surface area contributed by atoms with E-state index in [0.29, 0.717) is 5.39 Å². The first-order chi connectivity index (χ1) is 8.81. The SMILES string of the molecule is CNC(=O)Oc1cc2cc(Br)c(C(F)(F)F)cc2o1. The summed E-state index contributed by atoms with van der Waals surface area (Å²) in [5, 5.41) is 2.58. The number of carbonyl (C=O) groups is 1. The lowest BCUT2D eigenvalue weighted by Gasteiger charge is -2.08. The predicted octanol–water partition coefficient (Wildman–Crippen LogP) is 3.93. The molecule has 1 amide bonds. The molecule has 2 rings (SSSR count). The summed E-state index contributed by atoms with van der Waals surface area (Å²) < 4.78 is 47.7. The van der Waals surface area contributed by atoms with Gasteiger partial charge < -0.3 is 14.5 Å². The molecule has 1 heterocycles. The molecular formula is C11H7BrF3NO3. The van der Waals surface area contributed by atoms with Crippen molar-refractivity contribution in [2.75, 3.05) is 7.05 Å². The molecule has 0 aliphatic rings. The number of amides is 1. The van der Waals surface area contributed by atoms with E-state index in [1.807, 2.05) is 0 Å². The first-order valence-corrected chi connectivity index (χ1v) is 5.80. The number of halogens is 4. The Kier molecular flexibility index (Phi) is 3.44. The average molecular weight is 338 g/mol. The van der Waals surface area contributed by atoms with Gasteiger partial charge in [-0.25, -0.2) is 4.79 Å². The molecular weight excluding hydrogens is 331 g/mol. The lowest BCUT2D eigenvalue weighted by molar-refractivity contribution is -0.138. The summed E-state index contributed by atoms with van der Waals surface area (Å²) in [5.41, 5.74) is -0.879. The summed E-state index contributed by atoms with van der Waals surface area (Å²) in [7, 11) is 1.35. The highest BCUT2D eigenvalue weighted by Gasteiger charge is 2.33. The van der Waals surface area contributed by atoms with E-state index in [1.165, 1.54) is 19.2 Å². The number of benzene rings is 1. The second kappa shape index (κ2) is 4.76. The fourth-order valence-electron chi connectivity index (χ4n) is 1.44. The van der Waals surface area contributed by atoms with Crippen LogP contribution in [-0.2, 0) is 6.18 Å². The average Bonchev–Trinajstić information content (AvgIpc) is 2.67. The van der Waals surface area contributed by atoms with E-state index in [0.717, 1.165) is 6.07 Å². The van der Waals surface area contributed by atoms with Crippen molar-refractivity contribution in [3.63, 3.8) is 0 Å². The monoisotopic (exact) mass is 337 g/mol. The van der Waals surface area contributed by atoms with Gasteiger partial charge in [-0.1, -0.05) is 15.9 Å². The maximum Gasteiger partial charge on any atom is 0.417 e. The van der Waals surface area contributed by atoms with E-state index in [2.05, 4.69) is 21.2 Å². The summed E-state index contributed by atoms with van der Waals surface area (Å²) in [6.07, 6.45) is -5.27. The van der Waals surface area contributed by atoms with E-state index in [9.17, 15) is 18.0 Å². The molecule has 0 aliphatic carbocycles. The molecule has 0 unspecified atom stereocenters. The zero-order valence-corrected chi connectivity index (χ0v) is 11.1. The second-order valence-corrected chi connectivity index (χ2v) is 4.43. The van der Waals surface area contributed by atoms with Gasteiger partial charge in [0.2, 0.25) is 0 Å². The number of rotatable bonds is 1. The third kappa shape index (κ3) is 2.83. The molecule has 0 saturated carbocycles. The van der Waals surface area contributed by atoms with Crippen LogP contribution in [0, 0.1) is 0 Å². The number of nitrogens with one attached hydrogen (secondary N) is 1. The van der Waals surface area contributed by atoms with Gasteiger partial charge in [0.05, 0.1) is 5.56 Å². The number of alkyl halides is 3. The van der Waals surface area contributed by atoms with Crippen LogP contribution >= 0.6 is 15.9 Å². The second-order valence-electron chi connectivity index (χ2n) is 3.57. The zero-order chi connectivity index (χ0) is 14.2. The van der Waals surface area contributed by atoms with Crippen LogP contribution in [0.1, 0.15) is 5.56 Å². The number of hydrogen-bond acceptors (Lipinski definition) is 3. The third-order valence-electron chi connectivity index (χ3n) is 2.29. The van der Waals surface area contributed by atoms with Crippen molar-refractivity contribution in [3.8, 4) is 5.95 Å². The minimum Gasteiger partial charge on any atom is -0.425 e. The highest BCUT2D eigenvalue weighted by molar-refractivity contribution is 9.10. The fraction of sp³-hybridized carbons (Fsp3) is 0.182. The van der Waals surface area contributed by atoms with E-state index in [-0.39, 0.29) is 16.0 Å². The van der Waals surface area contributed by atoms with Gasteiger partial charge in [-0.2, -0.15) is 13.2 Å². The molecule has 0 aliphatic heterocycles. The lowest BCUT2D eigenvalue weighted by Crippen LogP contribution is -2.21. The minimum absolute atomic E-state index is 0.0190. The molecule has 0 spiro atoms. The molecule has 2 aromatic rings. The van der Waals surface area contributed by atoms with Crippen molar-refractivity contribution in [2.45, 2.75) is 6.18 Å². The van der Waals surface area contributed by atoms with Crippen molar-refractivity contribution in [1.82, 2.24) is 5.32 Å². The molecule has 0 radical (unpaired) electrons. The summed E-state index contributed by atoms with van der Waals surface area (Å²) in [6.45, 7) is 0. The number of furan rings is 1. The Hall–Kier alpha value is -1.70. The Bertz CT molecular complexity index is 636. The number of carbonyl (C=O) groups excluding carboxylic acids is 1. The normalized spacial score (nSPS) is 11.6. The summed E-state index contributed by atoms with van der Waals surface area (Å²) in [6, 6.07) is 3.42. The first kappa shape index (κ1) is 13.7. The van der Waals surface area contributed by atoms with Gasteiger partial charge in [0.25, 0.3) is 5.95 Å². The highest BCUT2D eigenvalue weighted by Crippen LogP contribution is 2.38. The van der Waals surface area contributed by atoms with Gasteiger partial charge >= 0.3 is 12.3 Å². The first-order valence-electron chi connectivity index (χ1n) is 5.01. The molecule has 1 N–H and O–H groups in total. The van der Waals surface area contributed by atoms with Gasteiger partial charge in [-0.15, -0.1) is 0 Å². The zero-order valence-electron chi connectivity index (χ0n) is 9.47. The predicted molar refractivity (Wildman–Crippen MR) is 64.0 cm³/mol. The Morgan fingerprint density at radius 3 is 2.63 bits per heavy atom. The highest BCUT2D eigenvalue weighted by atomic mass is 79.9. The van der Waals surface area contributed by atoms with Crippen LogP contribution in [0.2, 0.25) is 0 Å². The Morgan fingerprint density at radius 1 is 1.37 bits per heavy atom. The molecule has 0 fully saturated rings. The van der Waals surface area contributed by atoms with Crippen LogP contribution in [-0.4, -0.2) is 13.1 Å². The van der Waals surface area contributed by atoms with Gasteiger partial charge in [0.15, 0.2) is 0 Å². The maximum absolute atomic E-state index is 12.7. The van der Waals surface area contributed by atoms with Crippen LogP contribution in [0.3, 0.4) is 0 Å². The van der Waals surface area contributed by atoms with Gasteiger partial charge in [-0.3, -0.25) is 0 Å². The molecule has 19 heavy (non-hydrogen) atoms. The van der Waals surface area contributed by atoms with E-state index in [4.69, 9.17) is 9.15 Å². The van der Waals surface area contributed by atoms with Gasteiger partial charge in [-0.05, 0) is 12.1 Å². The molecule has 0 atom stereocenters.